The minimum absolute atomic E-state index is 0.144. The Balaban J connectivity index is 2.28. The van der Waals surface area contributed by atoms with E-state index in [2.05, 4.69) is 33.0 Å². The van der Waals surface area contributed by atoms with E-state index in [4.69, 9.17) is 0 Å². The van der Waals surface area contributed by atoms with Crippen molar-refractivity contribution in [3.8, 4) is 0 Å². The summed E-state index contributed by atoms with van der Waals surface area (Å²) < 4.78 is 13.1. The summed E-state index contributed by atoms with van der Waals surface area (Å²) in [6, 6.07) is 6.44. The third-order valence-electron chi connectivity index (χ3n) is 4.15. The third-order valence-corrected chi connectivity index (χ3v) is 4.15. The molecule has 0 saturated carbocycles. The highest BCUT2D eigenvalue weighted by Crippen LogP contribution is 2.30. The van der Waals surface area contributed by atoms with Gasteiger partial charge in [-0.05, 0) is 43.4 Å². The molecule has 116 valence electrons. The predicted octanol–water partition coefficient (Wildman–Crippen LogP) is 3.47. The highest BCUT2D eigenvalue weighted by Gasteiger charge is 2.41. The smallest absolute Gasteiger partial charge is 0.241 e. The summed E-state index contributed by atoms with van der Waals surface area (Å²) in [7, 11) is 0. The number of nitrogens with zero attached hydrogens (tertiary/aromatic N) is 1. The van der Waals surface area contributed by atoms with E-state index in [0.29, 0.717) is 5.92 Å². The van der Waals surface area contributed by atoms with Gasteiger partial charge in [-0.15, -0.1) is 0 Å². The molecule has 0 aliphatic carbocycles. The Labute approximate surface area is 126 Å². The van der Waals surface area contributed by atoms with Gasteiger partial charge in [0.05, 0.1) is 6.04 Å². The van der Waals surface area contributed by atoms with Crippen LogP contribution in [0.15, 0.2) is 24.3 Å². The Hall–Kier alpha value is -1.42. The van der Waals surface area contributed by atoms with Gasteiger partial charge in [-0.2, -0.15) is 0 Å². The molecule has 1 aromatic carbocycles. The molecule has 1 heterocycles. The van der Waals surface area contributed by atoms with Crippen molar-refractivity contribution in [3.63, 3.8) is 0 Å². The lowest BCUT2D eigenvalue weighted by atomic mass is 10.0. The second kappa shape index (κ2) is 6.56. The molecule has 0 bridgehead atoms. The maximum Gasteiger partial charge on any atom is 0.241 e. The standard InChI is InChI=1S/C17H25FN2O/c1-5-12(4)20-16(13-6-8-14(18)9-7-13)19-15(17(20)21)10-11(2)3/h6-9,11-12,15-16,19H,5,10H2,1-4H3. The molecule has 1 saturated heterocycles. The van der Waals surface area contributed by atoms with Crippen molar-refractivity contribution in [2.45, 2.75) is 58.8 Å². The van der Waals surface area contributed by atoms with Crippen LogP contribution in [-0.4, -0.2) is 22.9 Å². The van der Waals surface area contributed by atoms with Gasteiger partial charge >= 0.3 is 0 Å². The van der Waals surface area contributed by atoms with Crippen molar-refractivity contribution in [1.82, 2.24) is 10.2 Å². The molecule has 21 heavy (non-hydrogen) atoms. The van der Waals surface area contributed by atoms with E-state index in [1.54, 1.807) is 12.1 Å². The highest BCUT2D eigenvalue weighted by molar-refractivity contribution is 5.84. The molecule has 1 N–H and O–H groups in total. The molecule has 0 radical (unpaired) electrons. The first-order valence-electron chi connectivity index (χ1n) is 7.77. The van der Waals surface area contributed by atoms with E-state index in [1.807, 2.05) is 4.90 Å². The van der Waals surface area contributed by atoms with Crippen LogP contribution in [0.4, 0.5) is 4.39 Å². The number of nitrogens with one attached hydrogen (secondary N) is 1. The zero-order valence-corrected chi connectivity index (χ0v) is 13.3. The van der Waals surface area contributed by atoms with Gasteiger partial charge < -0.3 is 4.90 Å². The second-order valence-corrected chi connectivity index (χ2v) is 6.31. The Bertz CT molecular complexity index is 486. The van der Waals surface area contributed by atoms with E-state index in [1.165, 1.54) is 12.1 Å². The molecular formula is C17H25FN2O. The number of benzene rings is 1. The Morgan fingerprint density at radius 1 is 1.24 bits per heavy atom. The first-order chi connectivity index (χ1) is 9.93. The van der Waals surface area contributed by atoms with Crippen LogP contribution in [0.1, 0.15) is 52.3 Å². The molecule has 2 rings (SSSR count). The van der Waals surface area contributed by atoms with Crippen LogP contribution in [0, 0.1) is 11.7 Å². The van der Waals surface area contributed by atoms with Crippen LogP contribution in [-0.2, 0) is 4.79 Å². The lowest BCUT2D eigenvalue weighted by Gasteiger charge is -2.30. The Kier molecular flexibility index (Phi) is 4.99. The molecule has 0 spiro atoms. The fraction of sp³-hybridized carbons (Fsp3) is 0.588. The summed E-state index contributed by atoms with van der Waals surface area (Å²) in [5, 5.41) is 3.43. The van der Waals surface area contributed by atoms with Gasteiger partial charge in [0.1, 0.15) is 12.0 Å². The van der Waals surface area contributed by atoms with Crippen LogP contribution in [0.2, 0.25) is 0 Å². The third kappa shape index (κ3) is 3.43. The Morgan fingerprint density at radius 2 is 1.86 bits per heavy atom. The Morgan fingerprint density at radius 3 is 2.38 bits per heavy atom. The molecule has 3 atom stereocenters. The molecule has 1 aromatic rings. The zero-order chi connectivity index (χ0) is 15.6. The molecule has 1 aliphatic heterocycles. The van der Waals surface area contributed by atoms with E-state index < -0.39 is 0 Å². The number of amides is 1. The van der Waals surface area contributed by atoms with Crippen LogP contribution in [0.5, 0.6) is 0 Å². The molecule has 3 unspecified atom stereocenters. The summed E-state index contributed by atoms with van der Waals surface area (Å²) in [6.07, 6.45) is 1.57. The number of carbonyl (C=O) groups excluding carboxylic acids is 1. The van der Waals surface area contributed by atoms with Gasteiger partial charge in [-0.3, -0.25) is 10.1 Å². The molecule has 4 heteroatoms. The minimum atomic E-state index is -0.253. The van der Waals surface area contributed by atoms with Crippen molar-refractivity contribution in [1.29, 1.82) is 0 Å². The van der Waals surface area contributed by atoms with Gasteiger partial charge in [0.15, 0.2) is 0 Å². The van der Waals surface area contributed by atoms with E-state index in [-0.39, 0.29) is 30.0 Å². The van der Waals surface area contributed by atoms with Crippen LogP contribution < -0.4 is 5.32 Å². The van der Waals surface area contributed by atoms with E-state index >= 15 is 0 Å². The summed E-state index contributed by atoms with van der Waals surface area (Å²) in [5.74, 6) is 0.362. The molecule has 0 aromatic heterocycles. The number of hydrogen-bond donors (Lipinski definition) is 1. The molecule has 1 fully saturated rings. The van der Waals surface area contributed by atoms with Crippen molar-refractivity contribution in [2.75, 3.05) is 0 Å². The van der Waals surface area contributed by atoms with E-state index in [9.17, 15) is 9.18 Å². The summed E-state index contributed by atoms with van der Waals surface area (Å²) in [6.45, 7) is 8.38. The quantitative estimate of drug-likeness (QED) is 0.901. The van der Waals surface area contributed by atoms with Crippen molar-refractivity contribution >= 4 is 5.91 Å². The van der Waals surface area contributed by atoms with Gasteiger partial charge in [0.25, 0.3) is 0 Å². The summed E-state index contributed by atoms with van der Waals surface area (Å²) >= 11 is 0. The fourth-order valence-electron chi connectivity index (χ4n) is 2.86. The fourth-order valence-corrected chi connectivity index (χ4v) is 2.86. The number of halogens is 1. The molecule has 1 aliphatic rings. The lowest BCUT2D eigenvalue weighted by molar-refractivity contribution is -0.132. The first kappa shape index (κ1) is 16.0. The molecular weight excluding hydrogens is 267 g/mol. The normalized spacial score (nSPS) is 23.9. The van der Waals surface area contributed by atoms with Crippen molar-refractivity contribution in [3.05, 3.63) is 35.6 Å². The van der Waals surface area contributed by atoms with Crippen LogP contribution in [0.25, 0.3) is 0 Å². The highest BCUT2D eigenvalue weighted by atomic mass is 19.1. The average Bonchev–Trinajstić information content (AvgIpc) is 2.75. The maximum absolute atomic E-state index is 13.1. The van der Waals surface area contributed by atoms with Crippen molar-refractivity contribution < 1.29 is 9.18 Å². The van der Waals surface area contributed by atoms with Crippen LogP contribution in [0.3, 0.4) is 0 Å². The minimum Gasteiger partial charge on any atom is -0.319 e. The van der Waals surface area contributed by atoms with Gasteiger partial charge in [0.2, 0.25) is 5.91 Å². The van der Waals surface area contributed by atoms with Crippen molar-refractivity contribution in [2.24, 2.45) is 5.92 Å². The second-order valence-electron chi connectivity index (χ2n) is 6.31. The maximum atomic E-state index is 13.1. The summed E-state index contributed by atoms with van der Waals surface area (Å²) in [5.41, 5.74) is 0.941. The van der Waals surface area contributed by atoms with Gasteiger partial charge in [-0.25, -0.2) is 4.39 Å². The largest absolute Gasteiger partial charge is 0.319 e. The zero-order valence-electron chi connectivity index (χ0n) is 13.3. The monoisotopic (exact) mass is 292 g/mol. The van der Waals surface area contributed by atoms with Crippen LogP contribution >= 0.6 is 0 Å². The first-order valence-corrected chi connectivity index (χ1v) is 7.77. The van der Waals surface area contributed by atoms with Gasteiger partial charge in [0, 0.05) is 6.04 Å². The number of hydrogen-bond acceptors (Lipinski definition) is 2. The summed E-state index contributed by atoms with van der Waals surface area (Å²) in [4.78, 5) is 14.6. The predicted molar refractivity (Wildman–Crippen MR) is 82.1 cm³/mol. The SMILES string of the molecule is CCC(C)N1C(=O)C(CC(C)C)NC1c1ccc(F)cc1. The molecule has 1 amide bonds. The van der Waals surface area contributed by atoms with E-state index in [0.717, 1.165) is 18.4 Å². The lowest BCUT2D eigenvalue weighted by Crippen LogP contribution is -2.38. The average molecular weight is 292 g/mol. The topological polar surface area (TPSA) is 32.3 Å². The van der Waals surface area contributed by atoms with Gasteiger partial charge in [-0.1, -0.05) is 32.9 Å². The number of carbonyl (C=O) groups is 1. The number of rotatable bonds is 5. The molecule has 3 nitrogen and oxygen atoms in total.